The van der Waals surface area contributed by atoms with Crippen molar-refractivity contribution >= 4 is 5.69 Å². The van der Waals surface area contributed by atoms with Crippen molar-refractivity contribution in [1.82, 2.24) is 0 Å². The Balaban J connectivity index is 2.78. The van der Waals surface area contributed by atoms with E-state index in [1.807, 2.05) is 43.3 Å². The van der Waals surface area contributed by atoms with E-state index in [4.69, 9.17) is 6.57 Å². The molecule has 3 nitrogen and oxygen atoms in total. The van der Waals surface area contributed by atoms with E-state index in [-0.39, 0.29) is 6.54 Å². The topological polar surface area (TPSA) is 27.8 Å². The van der Waals surface area contributed by atoms with Gasteiger partial charge in [-0.1, -0.05) is 12.1 Å². The lowest BCUT2D eigenvalue weighted by atomic mass is 10.1. The maximum absolute atomic E-state index is 9.52. The predicted molar refractivity (Wildman–Crippen MR) is 57.2 cm³/mol. The van der Waals surface area contributed by atoms with Crippen molar-refractivity contribution in [3.05, 3.63) is 41.2 Å². The Morgan fingerprint density at radius 3 is 2.36 bits per heavy atom. The average Bonchev–Trinajstić information content (AvgIpc) is 2.18. The van der Waals surface area contributed by atoms with Gasteiger partial charge in [-0.3, -0.25) is 0 Å². The highest BCUT2D eigenvalue weighted by Crippen LogP contribution is 2.17. The molecule has 0 aromatic heterocycles. The van der Waals surface area contributed by atoms with Crippen molar-refractivity contribution in [2.45, 2.75) is 6.10 Å². The van der Waals surface area contributed by atoms with Crippen molar-refractivity contribution in [1.29, 1.82) is 0 Å². The second-order valence-corrected chi connectivity index (χ2v) is 3.34. The first-order chi connectivity index (χ1) is 6.65. The summed E-state index contributed by atoms with van der Waals surface area (Å²) < 4.78 is 0. The van der Waals surface area contributed by atoms with Gasteiger partial charge in [-0.2, -0.15) is 0 Å². The molecule has 74 valence electrons. The number of aliphatic hydroxyl groups excluding tert-OH is 1. The van der Waals surface area contributed by atoms with E-state index in [1.165, 1.54) is 0 Å². The highest BCUT2D eigenvalue weighted by Gasteiger charge is 2.09. The number of hydrogen-bond acceptors (Lipinski definition) is 2. The number of aliphatic hydroxyl groups is 1. The van der Waals surface area contributed by atoms with E-state index in [1.54, 1.807) is 0 Å². The van der Waals surface area contributed by atoms with Gasteiger partial charge in [0.15, 0.2) is 6.10 Å². The van der Waals surface area contributed by atoms with Crippen LogP contribution in [0.2, 0.25) is 0 Å². The third kappa shape index (κ3) is 2.48. The fourth-order valence-corrected chi connectivity index (χ4v) is 1.19. The van der Waals surface area contributed by atoms with Gasteiger partial charge in [-0.05, 0) is 17.7 Å². The molecule has 1 rings (SSSR count). The monoisotopic (exact) mass is 190 g/mol. The number of hydrogen-bond donors (Lipinski definition) is 1. The molecule has 1 aromatic carbocycles. The van der Waals surface area contributed by atoms with Crippen molar-refractivity contribution in [2.75, 3.05) is 25.5 Å². The summed E-state index contributed by atoms with van der Waals surface area (Å²) in [6, 6.07) is 7.57. The van der Waals surface area contributed by atoms with Crippen LogP contribution in [0.5, 0.6) is 0 Å². The molecular formula is C11H14N2O. The first kappa shape index (κ1) is 10.6. The van der Waals surface area contributed by atoms with E-state index in [0.717, 1.165) is 11.3 Å². The van der Waals surface area contributed by atoms with Gasteiger partial charge in [-0.25, -0.2) is 6.57 Å². The molecule has 0 fully saturated rings. The summed E-state index contributed by atoms with van der Waals surface area (Å²) in [4.78, 5) is 5.15. The Morgan fingerprint density at radius 2 is 1.93 bits per heavy atom. The normalized spacial score (nSPS) is 11.9. The van der Waals surface area contributed by atoms with E-state index in [2.05, 4.69) is 4.85 Å². The Labute approximate surface area is 84.4 Å². The average molecular weight is 190 g/mol. The van der Waals surface area contributed by atoms with Crippen LogP contribution < -0.4 is 4.90 Å². The molecule has 1 aromatic rings. The van der Waals surface area contributed by atoms with Crippen LogP contribution in [0.4, 0.5) is 5.69 Å². The van der Waals surface area contributed by atoms with Crippen LogP contribution in [0.1, 0.15) is 11.7 Å². The van der Waals surface area contributed by atoms with E-state index < -0.39 is 6.10 Å². The Hall–Kier alpha value is -1.53. The summed E-state index contributed by atoms with van der Waals surface area (Å²) in [7, 11) is 3.93. The molecule has 0 aliphatic rings. The third-order valence-electron chi connectivity index (χ3n) is 2.06. The smallest absolute Gasteiger partial charge is 0.244 e. The summed E-state index contributed by atoms with van der Waals surface area (Å²) in [5.41, 5.74) is 1.88. The Bertz CT molecular complexity index is 324. The molecule has 3 heteroatoms. The molecule has 0 saturated carbocycles. The zero-order valence-electron chi connectivity index (χ0n) is 8.44. The molecule has 14 heavy (non-hydrogen) atoms. The van der Waals surface area contributed by atoms with Crippen LogP contribution in [0, 0.1) is 6.57 Å². The van der Waals surface area contributed by atoms with Gasteiger partial charge in [0.25, 0.3) is 0 Å². The number of benzene rings is 1. The number of nitrogens with zero attached hydrogens (tertiary/aromatic N) is 2. The van der Waals surface area contributed by atoms with Crippen LogP contribution in [-0.2, 0) is 0 Å². The van der Waals surface area contributed by atoms with Gasteiger partial charge in [0.2, 0.25) is 6.54 Å². The Morgan fingerprint density at radius 1 is 1.36 bits per heavy atom. The first-order valence-corrected chi connectivity index (χ1v) is 4.43. The Kier molecular flexibility index (Phi) is 3.49. The van der Waals surface area contributed by atoms with Crippen LogP contribution in [0.15, 0.2) is 24.3 Å². The standard InChI is InChI=1S/C11H14N2O/c1-12-8-11(14)9-4-6-10(7-5-9)13(2)3/h4-7,11,14H,8H2,2-3H3. The van der Waals surface area contributed by atoms with Crippen LogP contribution >= 0.6 is 0 Å². The largest absolute Gasteiger partial charge is 0.381 e. The fourth-order valence-electron chi connectivity index (χ4n) is 1.19. The fraction of sp³-hybridized carbons (Fsp3) is 0.364. The summed E-state index contributed by atoms with van der Waals surface area (Å²) in [6.45, 7) is 6.78. The number of anilines is 1. The van der Waals surface area contributed by atoms with E-state index in [9.17, 15) is 5.11 Å². The minimum absolute atomic E-state index is 0.126. The van der Waals surface area contributed by atoms with Crippen molar-refractivity contribution in [3.8, 4) is 0 Å². The minimum atomic E-state index is -0.663. The molecule has 0 amide bonds. The van der Waals surface area contributed by atoms with Crippen LogP contribution in [0.3, 0.4) is 0 Å². The highest BCUT2D eigenvalue weighted by atomic mass is 16.3. The van der Waals surface area contributed by atoms with Crippen molar-refractivity contribution in [2.24, 2.45) is 0 Å². The van der Waals surface area contributed by atoms with Gasteiger partial charge in [0.1, 0.15) is 0 Å². The van der Waals surface area contributed by atoms with Crippen molar-refractivity contribution < 1.29 is 5.11 Å². The summed E-state index contributed by atoms with van der Waals surface area (Å²) in [5.74, 6) is 0. The second kappa shape index (κ2) is 4.64. The molecule has 0 heterocycles. The van der Waals surface area contributed by atoms with Crippen LogP contribution in [-0.4, -0.2) is 25.7 Å². The minimum Gasteiger partial charge on any atom is -0.381 e. The lowest BCUT2D eigenvalue weighted by Crippen LogP contribution is -2.08. The lowest BCUT2D eigenvalue weighted by Gasteiger charge is -2.13. The zero-order valence-corrected chi connectivity index (χ0v) is 8.44. The molecule has 0 bridgehead atoms. The third-order valence-corrected chi connectivity index (χ3v) is 2.06. The summed E-state index contributed by atoms with van der Waals surface area (Å²) in [6.07, 6.45) is -0.663. The van der Waals surface area contributed by atoms with Gasteiger partial charge in [-0.15, -0.1) is 0 Å². The quantitative estimate of drug-likeness (QED) is 0.735. The molecule has 1 atom stereocenters. The van der Waals surface area contributed by atoms with Gasteiger partial charge >= 0.3 is 0 Å². The number of rotatable bonds is 3. The van der Waals surface area contributed by atoms with Gasteiger partial charge in [0.05, 0.1) is 0 Å². The molecule has 1 unspecified atom stereocenters. The molecule has 0 aliphatic carbocycles. The van der Waals surface area contributed by atoms with Gasteiger partial charge in [0, 0.05) is 19.8 Å². The molecule has 0 radical (unpaired) electrons. The predicted octanol–water partition coefficient (Wildman–Crippen LogP) is 1.71. The summed E-state index contributed by atoms with van der Waals surface area (Å²) in [5, 5.41) is 9.52. The van der Waals surface area contributed by atoms with Crippen LogP contribution in [0.25, 0.3) is 4.85 Å². The maximum Gasteiger partial charge on any atom is 0.244 e. The lowest BCUT2D eigenvalue weighted by molar-refractivity contribution is 0.195. The maximum atomic E-state index is 9.52. The zero-order chi connectivity index (χ0) is 10.6. The molecule has 0 spiro atoms. The molecule has 0 saturated heterocycles. The van der Waals surface area contributed by atoms with E-state index in [0.29, 0.717) is 0 Å². The van der Waals surface area contributed by atoms with E-state index >= 15 is 0 Å². The molecule has 0 aliphatic heterocycles. The van der Waals surface area contributed by atoms with Gasteiger partial charge < -0.3 is 14.9 Å². The highest BCUT2D eigenvalue weighted by molar-refractivity contribution is 5.46. The SMILES string of the molecule is [C-]#[N+]CC(O)c1ccc(N(C)C)cc1. The van der Waals surface area contributed by atoms with Crippen molar-refractivity contribution in [3.63, 3.8) is 0 Å². The molecule has 1 N–H and O–H groups in total. The second-order valence-electron chi connectivity index (χ2n) is 3.34. The summed E-state index contributed by atoms with van der Waals surface area (Å²) >= 11 is 0. The molecular weight excluding hydrogens is 176 g/mol. The first-order valence-electron chi connectivity index (χ1n) is 4.43.